The Bertz CT molecular complexity index is 1110. The molecule has 1 heterocycles. The van der Waals surface area contributed by atoms with Gasteiger partial charge in [0, 0.05) is 11.1 Å². The number of aliphatic carboxylic acids is 1. The topological polar surface area (TPSA) is 76.4 Å². The SMILES string of the molecule is CCc1ccccc1S(=O)(=O)c1c(C)n(CC(=O)O)c2ccc(C)cc12. The zero-order valence-corrected chi connectivity index (χ0v) is 15.8. The van der Waals surface area contributed by atoms with Crippen molar-refractivity contribution < 1.29 is 18.3 Å². The summed E-state index contributed by atoms with van der Waals surface area (Å²) in [6.45, 7) is 5.19. The number of fused-ring (bicyclic) bond motifs is 1. The zero-order valence-electron chi connectivity index (χ0n) is 15.0. The van der Waals surface area contributed by atoms with E-state index in [1.165, 1.54) is 0 Å². The number of aryl methyl sites for hydroxylation is 2. The van der Waals surface area contributed by atoms with Crippen molar-refractivity contribution in [1.29, 1.82) is 0 Å². The molecular weight excluding hydrogens is 350 g/mol. The molecule has 0 spiro atoms. The molecule has 0 saturated heterocycles. The van der Waals surface area contributed by atoms with Crippen LogP contribution in [0, 0.1) is 13.8 Å². The number of sulfone groups is 1. The highest BCUT2D eigenvalue weighted by molar-refractivity contribution is 7.91. The predicted molar refractivity (Wildman–Crippen MR) is 100 cm³/mol. The summed E-state index contributed by atoms with van der Waals surface area (Å²) in [6, 6.07) is 12.4. The smallest absolute Gasteiger partial charge is 0.323 e. The van der Waals surface area contributed by atoms with Crippen molar-refractivity contribution in [3.05, 3.63) is 59.3 Å². The second-order valence-electron chi connectivity index (χ2n) is 6.38. The van der Waals surface area contributed by atoms with Crippen LogP contribution < -0.4 is 0 Å². The molecule has 26 heavy (non-hydrogen) atoms. The van der Waals surface area contributed by atoms with Crippen molar-refractivity contribution in [1.82, 2.24) is 4.57 Å². The van der Waals surface area contributed by atoms with Crippen LogP contribution in [0.2, 0.25) is 0 Å². The van der Waals surface area contributed by atoms with Gasteiger partial charge in [0.15, 0.2) is 0 Å². The average Bonchev–Trinajstić information content (AvgIpc) is 2.86. The van der Waals surface area contributed by atoms with Gasteiger partial charge in [-0.15, -0.1) is 0 Å². The monoisotopic (exact) mass is 371 g/mol. The van der Waals surface area contributed by atoms with Gasteiger partial charge in [0.2, 0.25) is 9.84 Å². The fourth-order valence-electron chi connectivity index (χ4n) is 3.41. The molecule has 0 amide bonds. The molecule has 0 aliphatic heterocycles. The maximum absolute atomic E-state index is 13.5. The van der Waals surface area contributed by atoms with Gasteiger partial charge in [-0.2, -0.15) is 0 Å². The maximum atomic E-state index is 13.5. The van der Waals surface area contributed by atoms with E-state index in [9.17, 15) is 18.3 Å². The number of nitrogens with zero attached hydrogens (tertiary/aromatic N) is 1. The summed E-state index contributed by atoms with van der Waals surface area (Å²) in [4.78, 5) is 11.8. The van der Waals surface area contributed by atoms with Gasteiger partial charge in [-0.05, 0) is 44.0 Å². The molecule has 0 unspecified atom stereocenters. The molecule has 5 nitrogen and oxygen atoms in total. The van der Waals surface area contributed by atoms with Crippen LogP contribution in [0.4, 0.5) is 0 Å². The molecule has 136 valence electrons. The van der Waals surface area contributed by atoms with Crippen molar-refractivity contribution >= 4 is 26.7 Å². The maximum Gasteiger partial charge on any atom is 0.323 e. The zero-order chi connectivity index (χ0) is 19.1. The molecule has 3 rings (SSSR count). The lowest BCUT2D eigenvalue weighted by molar-refractivity contribution is -0.137. The van der Waals surface area contributed by atoms with Crippen LogP contribution in [-0.4, -0.2) is 24.1 Å². The van der Waals surface area contributed by atoms with Gasteiger partial charge in [0.05, 0.1) is 10.4 Å². The number of hydrogen-bond donors (Lipinski definition) is 1. The van der Waals surface area contributed by atoms with Crippen molar-refractivity contribution in [2.45, 2.75) is 43.5 Å². The van der Waals surface area contributed by atoms with Crippen molar-refractivity contribution in [2.75, 3.05) is 0 Å². The van der Waals surface area contributed by atoms with E-state index < -0.39 is 15.8 Å². The van der Waals surface area contributed by atoms with Crippen molar-refractivity contribution in [2.24, 2.45) is 0 Å². The van der Waals surface area contributed by atoms with Gasteiger partial charge >= 0.3 is 5.97 Å². The van der Waals surface area contributed by atoms with E-state index in [4.69, 9.17) is 0 Å². The average molecular weight is 371 g/mol. The van der Waals surface area contributed by atoms with E-state index >= 15 is 0 Å². The Hall–Kier alpha value is -2.60. The Morgan fingerprint density at radius 1 is 1.12 bits per heavy atom. The van der Waals surface area contributed by atoms with Gasteiger partial charge in [0.1, 0.15) is 11.4 Å². The van der Waals surface area contributed by atoms with Crippen LogP contribution in [0.25, 0.3) is 10.9 Å². The van der Waals surface area contributed by atoms with Crippen molar-refractivity contribution in [3.8, 4) is 0 Å². The highest BCUT2D eigenvalue weighted by atomic mass is 32.2. The van der Waals surface area contributed by atoms with E-state index in [1.54, 1.807) is 29.7 Å². The Morgan fingerprint density at radius 3 is 2.46 bits per heavy atom. The molecule has 0 saturated carbocycles. The van der Waals surface area contributed by atoms with Crippen LogP contribution in [0.3, 0.4) is 0 Å². The molecule has 0 aliphatic rings. The molecule has 0 atom stereocenters. The van der Waals surface area contributed by atoms with E-state index in [2.05, 4.69) is 0 Å². The van der Waals surface area contributed by atoms with Gasteiger partial charge < -0.3 is 9.67 Å². The quantitative estimate of drug-likeness (QED) is 0.741. The Labute approximate surface area is 152 Å². The number of aromatic nitrogens is 1. The third-order valence-electron chi connectivity index (χ3n) is 4.63. The summed E-state index contributed by atoms with van der Waals surface area (Å²) in [5.74, 6) is -1.01. The van der Waals surface area contributed by atoms with Crippen molar-refractivity contribution in [3.63, 3.8) is 0 Å². The lowest BCUT2D eigenvalue weighted by Gasteiger charge is -2.10. The summed E-state index contributed by atoms with van der Waals surface area (Å²) in [7, 11) is -3.78. The van der Waals surface area contributed by atoms with Gasteiger partial charge in [-0.25, -0.2) is 8.42 Å². The minimum atomic E-state index is -3.78. The number of carboxylic acids is 1. The highest BCUT2D eigenvalue weighted by Crippen LogP contribution is 2.35. The Kier molecular flexibility index (Phi) is 4.63. The lowest BCUT2D eigenvalue weighted by atomic mass is 10.2. The summed E-state index contributed by atoms with van der Waals surface area (Å²) in [5, 5.41) is 9.81. The van der Waals surface area contributed by atoms with E-state index in [-0.39, 0.29) is 16.3 Å². The van der Waals surface area contributed by atoms with Gasteiger partial charge in [-0.3, -0.25) is 4.79 Å². The molecule has 6 heteroatoms. The minimum absolute atomic E-state index is 0.193. The number of hydrogen-bond acceptors (Lipinski definition) is 3. The molecule has 0 aliphatic carbocycles. The van der Waals surface area contributed by atoms with Gasteiger partial charge in [-0.1, -0.05) is 36.8 Å². The van der Waals surface area contributed by atoms with Crippen LogP contribution >= 0.6 is 0 Å². The molecule has 2 aromatic carbocycles. The summed E-state index contributed by atoms with van der Waals surface area (Å²) in [5.41, 5.74) is 2.73. The third-order valence-corrected chi connectivity index (χ3v) is 6.66. The highest BCUT2D eigenvalue weighted by Gasteiger charge is 2.29. The van der Waals surface area contributed by atoms with Crippen LogP contribution in [0.15, 0.2) is 52.3 Å². The standard InChI is InChI=1S/C20H21NO4S/c1-4-15-7-5-6-8-18(15)26(24,25)20-14(3)21(12-19(22)23)17-10-9-13(2)11-16(17)20/h5-11H,4,12H2,1-3H3,(H,22,23). The van der Waals surface area contributed by atoms with Gasteiger partial charge in [0.25, 0.3) is 0 Å². The minimum Gasteiger partial charge on any atom is -0.480 e. The van der Waals surface area contributed by atoms with Crippen LogP contribution in [0.1, 0.15) is 23.7 Å². The summed E-state index contributed by atoms with van der Waals surface area (Å²) < 4.78 is 28.6. The molecular formula is C20H21NO4S. The number of benzene rings is 2. The number of carbonyl (C=O) groups is 1. The first-order chi connectivity index (χ1) is 12.3. The van der Waals surface area contributed by atoms with E-state index in [0.29, 0.717) is 23.0 Å². The van der Waals surface area contributed by atoms with E-state index in [0.717, 1.165) is 11.1 Å². The third kappa shape index (κ3) is 2.90. The molecule has 3 aromatic rings. The molecule has 1 aromatic heterocycles. The summed E-state index contributed by atoms with van der Waals surface area (Å²) >= 11 is 0. The first-order valence-electron chi connectivity index (χ1n) is 8.41. The van der Waals surface area contributed by atoms with Crippen LogP contribution in [-0.2, 0) is 27.6 Å². The molecule has 0 bridgehead atoms. The molecule has 0 radical (unpaired) electrons. The fourth-order valence-corrected chi connectivity index (χ4v) is 5.40. The normalized spacial score (nSPS) is 11.8. The Balaban J connectivity index is 2.39. The number of carboxylic acid groups (broad SMARTS) is 1. The van der Waals surface area contributed by atoms with Crippen LogP contribution in [0.5, 0.6) is 0 Å². The first kappa shape index (κ1) is 18.2. The van der Waals surface area contributed by atoms with E-state index in [1.807, 2.05) is 38.1 Å². The lowest BCUT2D eigenvalue weighted by Crippen LogP contribution is -2.11. The largest absolute Gasteiger partial charge is 0.480 e. The molecule has 0 fully saturated rings. The fraction of sp³-hybridized carbons (Fsp3) is 0.250. The second-order valence-corrected chi connectivity index (χ2v) is 8.23. The Morgan fingerprint density at radius 2 is 1.81 bits per heavy atom. The predicted octanol–water partition coefficient (Wildman–Crippen LogP) is 3.74. The molecule has 1 N–H and O–H groups in total. The second kappa shape index (κ2) is 6.61. The first-order valence-corrected chi connectivity index (χ1v) is 9.90. The number of rotatable bonds is 5. The summed E-state index contributed by atoms with van der Waals surface area (Å²) in [6.07, 6.45) is 0.598.